The molecule has 0 radical (unpaired) electrons. The minimum absolute atomic E-state index is 0.425. The van der Waals surface area contributed by atoms with E-state index in [-0.39, 0.29) is 0 Å². The Hall–Kier alpha value is -1.55. The molecule has 14 heavy (non-hydrogen) atoms. The molecule has 1 aliphatic heterocycles. The zero-order valence-corrected chi connectivity index (χ0v) is 7.80. The van der Waals surface area contributed by atoms with E-state index in [4.69, 9.17) is 4.74 Å². The highest BCUT2D eigenvalue weighted by Crippen LogP contribution is 2.32. The Balaban J connectivity index is 2.43. The summed E-state index contributed by atoms with van der Waals surface area (Å²) in [6, 6.07) is 6.98. The fourth-order valence-corrected chi connectivity index (χ4v) is 1.51. The molecule has 1 N–H and O–H groups in total. The molecular weight excluding hydrogens is 182 g/mol. The first-order valence-electron chi connectivity index (χ1n) is 4.49. The van der Waals surface area contributed by atoms with Gasteiger partial charge in [0.25, 0.3) is 0 Å². The fraction of sp³-hybridized carbons (Fsp3) is 0.300. The second-order valence-electron chi connectivity index (χ2n) is 3.07. The minimum Gasteiger partial charge on any atom is -0.410 e. The van der Waals surface area contributed by atoms with Gasteiger partial charge in [0.05, 0.1) is 0 Å². The largest absolute Gasteiger partial charge is 0.417 e. The van der Waals surface area contributed by atoms with E-state index in [1.807, 2.05) is 0 Å². The first kappa shape index (κ1) is 9.02. The zero-order valence-electron chi connectivity index (χ0n) is 7.80. The molecule has 1 aliphatic rings. The summed E-state index contributed by atoms with van der Waals surface area (Å²) in [5.41, 5.74) is 0.633. The van der Waals surface area contributed by atoms with Gasteiger partial charge in [0, 0.05) is 12.1 Å². The first-order chi connectivity index (χ1) is 6.74. The number of ether oxygens (including phenoxy) is 1. The Morgan fingerprint density at radius 1 is 1.50 bits per heavy atom. The molecule has 0 saturated heterocycles. The number of para-hydroxylation sites is 1. The fourth-order valence-electron chi connectivity index (χ4n) is 1.51. The van der Waals surface area contributed by atoms with Crippen LogP contribution in [0.15, 0.2) is 24.3 Å². The van der Waals surface area contributed by atoms with Crippen LogP contribution >= 0.6 is 0 Å². The molecule has 1 aromatic rings. The van der Waals surface area contributed by atoms with Crippen molar-refractivity contribution in [2.75, 3.05) is 6.54 Å². The monoisotopic (exact) mass is 193 g/mol. The van der Waals surface area contributed by atoms with E-state index < -0.39 is 12.3 Å². The summed E-state index contributed by atoms with van der Waals surface area (Å²) in [5, 5.41) is 9.82. The van der Waals surface area contributed by atoms with E-state index in [1.165, 1.54) is 4.90 Å². The van der Waals surface area contributed by atoms with Gasteiger partial charge in [0.2, 0.25) is 0 Å². The minimum atomic E-state index is -0.891. The summed E-state index contributed by atoms with van der Waals surface area (Å²) >= 11 is 0. The van der Waals surface area contributed by atoms with Crippen molar-refractivity contribution < 1.29 is 14.6 Å². The van der Waals surface area contributed by atoms with E-state index in [2.05, 4.69) is 0 Å². The average molecular weight is 193 g/mol. The maximum Gasteiger partial charge on any atom is 0.417 e. The Morgan fingerprint density at radius 3 is 2.93 bits per heavy atom. The van der Waals surface area contributed by atoms with Crippen molar-refractivity contribution in [2.24, 2.45) is 0 Å². The van der Waals surface area contributed by atoms with Crippen molar-refractivity contribution in [1.82, 2.24) is 4.90 Å². The van der Waals surface area contributed by atoms with Gasteiger partial charge in [0.15, 0.2) is 6.23 Å². The summed E-state index contributed by atoms with van der Waals surface area (Å²) in [6.07, 6.45) is -1.39. The van der Waals surface area contributed by atoms with Crippen molar-refractivity contribution in [2.45, 2.75) is 13.2 Å². The molecule has 1 amide bonds. The molecule has 1 aromatic carbocycles. The summed E-state index contributed by atoms with van der Waals surface area (Å²) in [7, 11) is 0. The second kappa shape index (κ2) is 3.31. The van der Waals surface area contributed by atoms with Crippen LogP contribution in [-0.4, -0.2) is 22.6 Å². The van der Waals surface area contributed by atoms with E-state index in [9.17, 15) is 9.90 Å². The first-order valence-corrected chi connectivity index (χ1v) is 4.49. The lowest BCUT2D eigenvalue weighted by Crippen LogP contribution is -2.40. The standard InChI is InChI=1S/C10H11NO3/c1-2-11-9(12)7-5-3-4-6-8(7)14-10(11)13/h3-6,9,12H,2H2,1H3. The molecule has 1 unspecified atom stereocenters. The Labute approximate surface area is 81.7 Å². The van der Waals surface area contributed by atoms with Crippen LogP contribution in [-0.2, 0) is 0 Å². The van der Waals surface area contributed by atoms with Crippen LogP contribution < -0.4 is 4.74 Å². The predicted octanol–water partition coefficient (Wildman–Crippen LogP) is 1.51. The quantitative estimate of drug-likeness (QED) is 0.735. The van der Waals surface area contributed by atoms with Crippen LogP contribution in [0, 0.1) is 0 Å². The van der Waals surface area contributed by atoms with Gasteiger partial charge in [-0.3, -0.25) is 4.90 Å². The van der Waals surface area contributed by atoms with Gasteiger partial charge < -0.3 is 9.84 Å². The van der Waals surface area contributed by atoms with E-state index in [1.54, 1.807) is 31.2 Å². The highest BCUT2D eigenvalue weighted by molar-refractivity contribution is 5.73. The number of nitrogens with zero attached hydrogens (tertiary/aromatic N) is 1. The molecule has 0 aromatic heterocycles. The molecule has 0 fully saturated rings. The topological polar surface area (TPSA) is 49.8 Å². The third-order valence-electron chi connectivity index (χ3n) is 2.26. The van der Waals surface area contributed by atoms with Crippen LogP contribution in [0.2, 0.25) is 0 Å². The molecule has 1 heterocycles. The van der Waals surface area contributed by atoms with Crippen LogP contribution in [0.5, 0.6) is 5.75 Å². The molecule has 2 rings (SSSR count). The van der Waals surface area contributed by atoms with Crippen molar-refractivity contribution >= 4 is 6.09 Å². The number of fused-ring (bicyclic) bond motifs is 1. The predicted molar refractivity (Wildman–Crippen MR) is 49.8 cm³/mol. The number of carbonyl (C=O) groups is 1. The van der Waals surface area contributed by atoms with E-state index >= 15 is 0 Å². The maximum absolute atomic E-state index is 11.3. The SMILES string of the molecule is CCN1C(=O)Oc2ccccc2C1O. The summed E-state index contributed by atoms with van der Waals surface area (Å²) in [5.74, 6) is 0.440. The van der Waals surface area contributed by atoms with Gasteiger partial charge in [0.1, 0.15) is 5.75 Å². The van der Waals surface area contributed by atoms with Crippen molar-refractivity contribution in [3.63, 3.8) is 0 Å². The highest BCUT2D eigenvalue weighted by Gasteiger charge is 2.31. The average Bonchev–Trinajstić information content (AvgIpc) is 2.18. The molecule has 0 bridgehead atoms. The number of carbonyl (C=O) groups excluding carboxylic acids is 1. The van der Waals surface area contributed by atoms with Crippen LogP contribution in [0.25, 0.3) is 0 Å². The van der Waals surface area contributed by atoms with Crippen LogP contribution in [0.1, 0.15) is 18.7 Å². The molecule has 4 heteroatoms. The van der Waals surface area contributed by atoms with E-state index in [0.717, 1.165) is 0 Å². The number of hydrogen-bond donors (Lipinski definition) is 1. The molecule has 0 spiro atoms. The maximum atomic E-state index is 11.3. The Morgan fingerprint density at radius 2 is 2.21 bits per heavy atom. The summed E-state index contributed by atoms with van der Waals surface area (Å²) in [6.45, 7) is 2.22. The normalized spacial score (nSPS) is 20.3. The molecule has 74 valence electrons. The summed E-state index contributed by atoms with van der Waals surface area (Å²) in [4.78, 5) is 12.6. The van der Waals surface area contributed by atoms with Gasteiger partial charge in [-0.2, -0.15) is 0 Å². The third kappa shape index (κ3) is 1.24. The lowest BCUT2D eigenvalue weighted by atomic mass is 10.1. The number of benzene rings is 1. The summed E-state index contributed by atoms with van der Waals surface area (Å²) < 4.78 is 5.03. The van der Waals surface area contributed by atoms with Crippen molar-refractivity contribution in [1.29, 1.82) is 0 Å². The molecule has 1 atom stereocenters. The molecule has 0 saturated carbocycles. The van der Waals surface area contributed by atoms with Crippen LogP contribution in [0.3, 0.4) is 0 Å². The van der Waals surface area contributed by atoms with Crippen LogP contribution in [0.4, 0.5) is 4.79 Å². The third-order valence-corrected chi connectivity index (χ3v) is 2.26. The van der Waals surface area contributed by atoms with Gasteiger partial charge >= 0.3 is 6.09 Å². The number of amides is 1. The second-order valence-corrected chi connectivity index (χ2v) is 3.07. The van der Waals surface area contributed by atoms with Gasteiger partial charge in [-0.25, -0.2) is 4.79 Å². The number of rotatable bonds is 1. The van der Waals surface area contributed by atoms with Gasteiger partial charge in [-0.1, -0.05) is 18.2 Å². The van der Waals surface area contributed by atoms with Crippen molar-refractivity contribution in [3.05, 3.63) is 29.8 Å². The number of aliphatic hydroxyl groups is 1. The van der Waals surface area contributed by atoms with Crippen molar-refractivity contribution in [3.8, 4) is 5.75 Å². The molecule has 0 aliphatic carbocycles. The van der Waals surface area contributed by atoms with Gasteiger partial charge in [-0.15, -0.1) is 0 Å². The number of aliphatic hydroxyl groups excluding tert-OH is 1. The number of hydrogen-bond acceptors (Lipinski definition) is 3. The van der Waals surface area contributed by atoms with E-state index in [0.29, 0.717) is 17.9 Å². The lowest BCUT2D eigenvalue weighted by Gasteiger charge is -2.31. The smallest absolute Gasteiger partial charge is 0.410 e. The molecular formula is C10H11NO3. The highest BCUT2D eigenvalue weighted by atomic mass is 16.6. The Bertz CT molecular complexity index is 364. The lowest BCUT2D eigenvalue weighted by molar-refractivity contribution is 0.00257. The zero-order chi connectivity index (χ0) is 10.1. The Kier molecular flexibility index (Phi) is 2.13. The molecule has 4 nitrogen and oxygen atoms in total. The van der Waals surface area contributed by atoms with Gasteiger partial charge in [-0.05, 0) is 13.0 Å².